The van der Waals surface area contributed by atoms with Gasteiger partial charge in [0.25, 0.3) is 0 Å². The van der Waals surface area contributed by atoms with E-state index in [1.807, 2.05) is 6.07 Å². The smallest absolute Gasteiger partial charge is 0.247 e. The molecular weight excluding hydrogens is 544 g/mol. The van der Waals surface area contributed by atoms with Gasteiger partial charge in [-0.15, -0.1) is 0 Å². The molecule has 1 amide bonds. The first-order valence-corrected chi connectivity index (χ1v) is 13.8. The molecule has 0 bridgehead atoms. The third kappa shape index (κ3) is 6.14. The summed E-state index contributed by atoms with van der Waals surface area (Å²) in [6, 6.07) is 9.38. The number of aromatic nitrogens is 2. The maximum atomic E-state index is 14.6. The number of amides is 1. The first-order valence-electron chi connectivity index (χ1n) is 13.8. The Morgan fingerprint density at radius 3 is 2.64 bits per heavy atom. The van der Waals surface area contributed by atoms with Gasteiger partial charge in [-0.05, 0) is 45.1 Å². The van der Waals surface area contributed by atoms with Crippen molar-refractivity contribution in [2.45, 2.75) is 31.3 Å². The Kier molecular flexibility index (Phi) is 8.83. The third-order valence-corrected chi connectivity index (χ3v) is 7.68. The molecule has 5 rings (SSSR count). The standard InChI is InChI=1S/C30H35F2N7O3/c1-5-29(40)36-22-15-23(26(41-4)16-25(22)38-12-9-19(10-13-38)37(2)3)35-27-17-28(34-18-33-27)39-24(11-14-42-39)20-7-6-8-21(31)30(20)32/h5-8,15-19,24H,1,9-14H2,2-4H3,(H,36,40)(H,33,34,35). The van der Waals surface area contributed by atoms with Crippen LogP contribution < -0.4 is 25.3 Å². The fourth-order valence-corrected chi connectivity index (χ4v) is 5.43. The van der Waals surface area contributed by atoms with Crippen molar-refractivity contribution >= 4 is 34.6 Å². The van der Waals surface area contributed by atoms with Crippen LogP contribution in [0.3, 0.4) is 0 Å². The lowest BCUT2D eigenvalue weighted by molar-refractivity contribution is -0.111. The Labute approximate surface area is 243 Å². The van der Waals surface area contributed by atoms with Gasteiger partial charge in [0.2, 0.25) is 5.91 Å². The number of nitrogens with zero attached hydrogens (tertiary/aromatic N) is 5. The SMILES string of the molecule is C=CC(=O)Nc1cc(Nc2cc(N3OCCC3c3cccc(F)c3F)ncn2)c(OC)cc1N1CCC(N(C)C)CC1. The summed E-state index contributed by atoms with van der Waals surface area (Å²) < 4.78 is 34.3. The number of halogens is 2. The summed E-state index contributed by atoms with van der Waals surface area (Å²) >= 11 is 0. The lowest BCUT2D eigenvalue weighted by Gasteiger charge is -2.37. The van der Waals surface area contributed by atoms with Crippen LogP contribution >= 0.6 is 0 Å². The van der Waals surface area contributed by atoms with Gasteiger partial charge in [-0.2, -0.15) is 0 Å². The molecule has 2 fully saturated rings. The monoisotopic (exact) mass is 579 g/mol. The van der Waals surface area contributed by atoms with Crippen molar-refractivity contribution in [3.8, 4) is 5.75 Å². The first-order chi connectivity index (χ1) is 20.3. The quantitative estimate of drug-likeness (QED) is 0.338. The predicted molar refractivity (Wildman–Crippen MR) is 158 cm³/mol. The Balaban J connectivity index is 1.43. The van der Waals surface area contributed by atoms with Crippen LogP contribution in [0.25, 0.3) is 0 Å². The molecule has 3 heterocycles. The molecule has 0 radical (unpaired) electrons. The number of hydrogen-bond acceptors (Lipinski definition) is 9. The van der Waals surface area contributed by atoms with Gasteiger partial charge in [0, 0.05) is 43.2 Å². The Morgan fingerprint density at radius 1 is 1.14 bits per heavy atom. The number of methoxy groups -OCH3 is 1. The highest BCUT2D eigenvalue weighted by atomic mass is 19.2. The molecule has 0 aliphatic carbocycles. The second kappa shape index (κ2) is 12.7. The number of ether oxygens (including phenoxy) is 1. The number of hydrogen-bond donors (Lipinski definition) is 2. The zero-order chi connectivity index (χ0) is 29.8. The van der Waals surface area contributed by atoms with Crippen LogP contribution in [0.15, 0.2) is 55.4 Å². The predicted octanol–water partition coefficient (Wildman–Crippen LogP) is 5.04. The summed E-state index contributed by atoms with van der Waals surface area (Å²) in [7, 11) is 5.76. The average molecular weight is 580 g/mol. The van der Waals surface area contributed by atoms with Crippen LogP contribution in [0, 0.1) is 11.6 Å². The van der Waals surface area contributed by atoms with Crippen molar-refractivity contribution in [1.29, 1.82) is 0 Å². The van der Waals surface area contributed by atoms with Gasteiger partial charge in [0.15, 0.2) is 17.5 Å². The molecule has 1 aromatic heterocycles. The highest BCUT2D eigenvalue weighted by Gasteiger charge is 2.32. The number of piperidine rings is 1. The molecule has 2 saturated heterocycles. The minimum atomic E-state index is -0.915. The summed E-state index contributed by atoms with van der Waals surface area (Å²) in [5.74, 6) is -0.821. The minimum Gasteiger partial charge on any atom is -0.494 e. The summed E-state index contributed by atoms with van der Waals surface area (Å²) in [6.07, 6.45) is 5.03. The maximum absolute atomic E-state index is 14.6. The Morgan fingerprint density at radius 2 is 1.93 bits per heavy atom. The molecule has 2 aromatic carbocycles. The summed E-state index contributed by atoms with van der Waals surface area (Å²) in [6.45, 7) is 5.56. The topological polar surface area (TPSA) is 95.1 Å². The normalized spacial score (nSPS) is 17.4. The van der Waals surface area contributed by atoms with Gasteiger partial charge < -0.3 is 25.2 Å². The number of nitrogens with one attached hydrogen (secondary N) is 2. The molecular formula is C30H35F2N7O3. The molecule has 1 unspecified atom stereocenters. The van der Waals surface area contributed by atoms with Gasteiger partial charge in [0.05, 0.1) is 36.8 Å². The van der Waals surface area contributed by atoms with Crippen LogP contribution in [0.2, 0.25) is 0 Å². The highest BCUT2D eigenvalue weighted by molar-refractivity contribution is 6.02. The number of rotatable bonds is 9. The highest BCUT2D eigenvalue weighted by Crippen LogP contribution is 2.40. The van der Waals surface area contributed by atoms with E-state index in [0.717, 1.165) is 37.7 Å². The largest absolute Gasteiger partial charge is 0.494 e. The molecule has 12 heteroatoms. The van der Waals surface area contributed by atoms with E-state index in [2.05, 4.69) is 51.1 Å². The van der Waals surface area contributed by atoms with Crippen molar-refractivity contribution in [3.63, 3.8) is 0 Å². The van der Waals surface area contributed by atoms with Crippen LogP contribution in [-0.2, 0) is 9.63 Å². The molecule has 222 valence electrons. The number of hydroxylamine groups is 1. The fourth-order valence-electron chi connectivity index (χ4n) is 5.43. The second-order valence-corrected chi connectivity index (χ2v) is 10.4. The van der Waals surface area contributed by atoms with E-state index in [4.69, 9.17) is 9.57 Å². The number of anilines is 5. The average Bonchev–Trinajstić information content (AvgIpc) is 3.49. The number of carbonyl (C=O) groups is 1. The summed E-state index contributed by atoms with van der Waals surface area (Å²) in [5, 5.41) is 7.65. The maximum Gasteiger partial charge on any atom is 0.247 e. The van der Waals surface area contributed by atoms with E-state index >= 15 is 0 Å². The summed E-state index contributed by atoms with van der Waals surface area (Å²) in [4.78, 5) is 31.3. The van der Waals surface area contributed by atoms with Crippen LogP contribution in [0.1, 0.15) is 30.9 Å². The molecule has 42 heavy (non-hydrogen) atoms. The molecule has 1 atom stereocenters. The third-order valence-electron chi connectivity index (χ3n) is 7.68. The van der Waals surface area contributed by atoms with E-state index < -0.39 is 17.7 Å². The second-order valence-electron chi connectivity index (χ2n) is 10.4. The lowest BCUT2D eigenvalue weighted by atomic mass is 10.0. The Hall–Kier alpha value is -4.29. The van der Waals surface area contributed by atoms with Crippen molar-refractivity contribution in [2.24, 2.45) is 0 Å². The Bertz CT molecular complexity index is 1450. The molecule has 10 nitrogen and oxygen atoms in total. The van der Waals surface area contributed by atoms with Gasteiger partial charge in [-0.1, -0.05) is 18.7 Å². The van der Waals surface area contributed by atoms with Crippen molar-refractivity contribution in [1.82, 2.24) is 14.9 Å². The van der Waals surface area contributed by atoms with Crippen molar-refractivity contribution < 1.29 is 23.1 Å². The zero-order valence-electron chi connectivity index (χ0n) is 23.9. The molecule has 2 aliphatic heterocycles. The van der Waals surface area contributed by atoms with Gasteiger partial charge >= 0.3 is 0 Å². The zero-order valence-corrected chi connectivity index (χ0v) is 23.9. The van der Waals surface area contributed by atoms with E-state index in [-0.39, 0.29) is 11.5 Å². The van der Waals surface area contributed by atoms with Gasteiger partial charge in [-0.3, -0.25) is 9.63 Å². The van der Waals surface area contributed by atoms with Crippen LogP contribution in [-0.4, -0.2) is 67.7 Å². The van der Waals surface area contributed by atoms with E-state index in [1.165, 1.54) is 23.5 Å². The molecule has 2 N–H and O–H groups in total. The molecule has 2 aliphatic rings. The van der Waals surface area contributed by atoms with E-state index in [1.54, 1.807) is 25.3 Å². The minimum absolute atomic E-state index is 0.190. The van der Waals surface area contributed by atoms with E-state index in [0.29, 0.717) is 47.8 Å². The molecule has 0 saturated carbocycles. The number of carbonyl (C=O) groups excluding carboxylic acids is 1. The molecule has 3 aromatic rings. The van der Waals surface area contributed by atoms with Crippen LogP contribution in [0.4, 0.5) is 37.5 Å². The van der Waals surface area contributed by atoms with Crippen molar-refractivity contribution in [2.75, 3.05) is 61.5 Å². The number of benzene rings is 2. The van der Waals surface area contributed by atoms with E-state index in [9.17, 15) is 13.6 Å². The van der Waals surface area contributed by atoms with Crippen molar-refractivity contribution in [3.05, 3.63) is 72.6 Å². The molecule has 0 spiro atoms. The van der Waals surface area contributed by atoms with Gasteiger partial charge in [0.1, 0.15) is 17.9 Å². The van der Waals surface area contributed by atoms with Gasteiger partial charge in [-0.25, -0.2) is 23.8 Å². The van der Waals surface area contributed by atoms with Crippen LogP contribution in [0.5, 0.6) is 5.75 Å². The first kappa shape index (κ1) is 29.2. The lowest BCUT2D eigenvalue weighted by Crippen LogP contribution is -2.42. The summed E-state index contributed by atoms with van der Waals surface area (Å²) in [5.41, 5.74) is 2.20. The fraction of sp³-hybridized carbons (Fsp3) is 0.367.